The third-order valence-corrected chi connectivity index (χ3v) is 11.0. The summed E-state index contributed by atoms with van der Waals surface area (Å²) in [6, 6.07) is 6.30. The van der Waals surface area contributed by atoms with E-state index in [0.29, 0.717) is 25.4 Å². The molecule has 0 spiro atoms. The Labute approximate surface area is 288 Å². The van der Waals surface area contributed by atoms with Crippen LogP contribution in [0.15, 0.2) is 33.3 Å². The summed E-state index contributed by atoms with van der Waals surface area (Å²) < 4.78 is 7.31. The maximum Gasteiger partial charge on any atom is 0.232 e. The van der Waals surface area contributed by atoms with Gasteiger partial charge in [-0.2, -0.15) is 0 Å². The van der Waals surface area contributed by atoms with Gasteiger partial charge in [-0.3, -0.25) is 19.4 Å². The van der Waals surface area contributed by atoms with Crippen LogP contribution < -0.4 is 5.32 Å². The summed E-state index contributed by atoms with van der Waals surface area (Å²) in [7, 11) is 1.55. The van der Waals surface area contributed by atoms with E-state index in [1.165, 1.54) is 16.7 Å². The van der Waals surface area contributed by atoms with E-state index in [0.717, 1.165) is 71.3 Å². The fourth-order valence-corrected chi connectivity index (χ4v) is 8.73. The smallest absolute Gasteiger partial charge is 0.232 e. The van der Waals surface area contributed by atoms with Gasteiger partial charge in [0.05, 0.1) is 5.69 Å². The Kier molecular flexibility index (Phi) is 11.6. The highest BCUT2D eigenvalue weighted by molar-refractivity contribution is 9.10. The average molecular weight is 767 g/mol. The number of benzene rings is 1. The summed E-state index contributed by atoms with van der Waals surface area (Å²) in [5, 5.41) is 3.52. The van der Waals surface area contributed by atoms with E-state index < -0.39 is 6.23 Å². The fraction of sp³-hybridized carbons (Fsp3) is 0.588. The molecule has 0 radical (unpaired) electrons. The van der Waals surface area contributed by atoms with E-state index in [-0.39, 0.29) is 41.9 Å². The lowest BCUT2D eigenvalue weighted by Gasteiger charge is -2.38. The topological polar surface area (TPSA) is 91.8 Å². The Balaban J connectivity index is 1.15. The largest absolute Gasteiger partial charge is 0.361 e. The number of aryl methyl sites for hydroxylation is 2. The Hall–Kier alpha value is -2.01. The zero-order chi connectivity index (χ0) is 32.2. The molecule has 0 saturated carbocycles. The van der Waals surface area contributed by atoms with Crippen LogP contribution in [0.4, 0.5) is 0 Å². The maximum absolute atomic E-state index is 13.4. The van der Waals surface area contributed by atoms with Crippen molar-refractivity contribution in [3.63, 3.8) is 0 Å². The Bertz CT molecular complexity index is 1410. The third kappa shape index (κ3) is 8.29. The quantitative estimate of drug-likeness (QED) is 0.245. The number of nitrogens with one attached hydrogen (secondary N) is 1. The summed E-state index contributed by atoms with van der Waals surface area (Å²) in [6.45, 7) is 6.52. The van der Waals surface area contributed by atoms with Gasteiger partial charge in [-0.1, -0.05) is 41.4 Å². The summed E-state index contributed by atoms with van der Waals surface area (Å²) in [6.07, 6.45) is 7.02. The molecule has 1 N–H and O–H groups in total. The van der Waals surface area contributed by atoms with Crippen LogP contribution in [0.2, 0.25) is 5.02 Å². The molecule has 2 aliphatic heterocycles. The number of aromatic nitrogens is 1. The molecule has 1 aromatic heterocycles. The number of rotatable bonds is 8. The molecule has 3 heterocycles. The van der Waals surface area contributed by atoms with Gasteiger partial charge < -0.3 is 19.9 Å². The number of ether oxygens (including phenoxy) is 1. The molecule has 2 atom stereocenters. The number of amides is 3. The highest BCUT2D eigenvalue weighted by atomic mass is 79.9. The number of hydrogen-bond acceptors (Lipinski definition) is 5. The minimum Gasteiger partial charge on any atom is -0.361 e. The molecule has 0 bridgehead atoms. The van der Waals surface area contributed by atoms with Crippen LogP contribution in [0.5, 0.6) is 0 Å². The van der Waals surface area contributed by atoms with Crippen LogP contribution in [0.3, 0.4) is 0 Å². The van der Waals surface area contributed by atoms with Gasteiger partial charge >= 0.3 is 0 Å². The third-order valence-electron chi connectivity index (χ3n) is 9.69. The van der Waals surface area contributed by atoms with Gasteiger partial charge in [0.1, 0.15) is 12.6 Å². The lowest BCUT2D eigenvalue weighted by atomic mass is 9.76. The van der Waals surface area contributed by atoms with Gasteiger partial charge in [0, 0.05) is 65.8 Å². The molecular weight excluding hydrogens is 724 g/mol. The summed E-state index contributed by atoms with van der Waals surface area (Å²) >= 11 is 13.9. The number of piperidine rings is 2. The van der Waals surface area contributed by atoms with Crippen LogP contribution in [0, 0.1) is 17.8 Å². The van der Waals surface area contributed by atoms with Crippen molar-refractivity contribution in [3.8, 4) is 0 Å². The highest BCUT2D eigenvalue weighted by Gasteiger charge is 2.37. The minimum atomic E-state index is -0.411. The van der Waals surface area contributed by atoms with E-state index in [1.54, 1.807) is 12.0 Å². The van der Waals surface area contributed by atoms with Crippen molar-refractivity contribution < 1.29 is 19.1 Å². The van der Waals surface area contributed by atoms with Crippen LogP contribution >= 0.6 is 43.5 Å². The summed E-state index contributed by atoms with van der Waals surface area (Å²) in [5.41, 5.74) is 4.97. The Morgan fingerprint density at radius 3 is 2.29 bits per heavy atom. The Morgan fingerprint density at radius 1 is 0.978 bits per heavy atom. The van der Waals surface area contributed by atoms with Crippen molar-refractivity contribution in [3.05, 3.63) is 60.7 Å². The van der Waals surface area contributed by atoms with Gasteiger partial charge in [0.15, 0.2) is 0 Å². The van der Waals surface area contributed by atoms with Crippen molar-refractivity contribution >= 4 is 61.2 Å². The molecule has 1 aliphatic carbocycles. The number of fused-ring (bicyclic) bond motifs is 2. The van der Waals surface area contributed by atoms with Crippen LogP contribution in [0.25, 0.3) is 0 Å². The number of carbonyl (C=O) groups is 3. The number of likely N-dealkylation sites (tertiary alicyclic amines) is 2. The van der Waals surface area contributed by atoms with Crippen LogP contribution in [0.1, 0.15) is 80.7 Å². The molecular formula is C34H43Br2ClN4O4. The van der Waals surface area contributed by atoms with E-state index >= 15 is 0 Å². The number of pyridine rings is 1. The predicted molar refractivity (Wildman–Crippen MR) is 182 cm³/mol. The fourth-order valence-electron chi connectivity index (χ4n) is 7.23. The molecule has 2 aromatic rings. The lowest BCUT2D eigenvalue weighted by molar-refractivity contribution is -0.138. The number of halogens is 3. The van der Waals surface area contributed by atoms with Crippen molar-refractivity contribution in [2.24, 2.45) is 17.8 Å². The molecule has 244 valence electrons. The van der Waals surface area contributed by atoms with Crippen molar-refractivity contribution in [1.82, 2.24) is 20.1 Å². The first-order chi connectivity index (χ1) is 21.5. The number of carbonyl (C=O) groups excluding carboxylic acids is 3. The SMILES string of the molecule is COC(NC(=O)CC(=O)N1CCC(CC(=O)N2CCC([C@H]3c4ncc(Br)cc4CCc4cc(Cl)cc(Br)c43)CC2)CC1)C(C)C. The zero-order valence-electron chi connectivity index (χ0n) is 26.3. The minimum absolute atomic E-state index is 0.111. The van der Waals surface area contributed by atoms with Gasteiger partial charge in [-0.15, -0.1) is 0 Å². The average Bonchev–Trinajstić information content (AvgIpc) is 3.16. The molecule has 3 amide bonds. The van der Waals surface area contributed by atoms with Crippen molar-refractivity contribution in [2.75, 3.05) is 33.3 Å². The van der Waals surface area contributed by atoms with Gasteiger partial charge in [0.2, 0.25) is 17.7 Å². The predicted octanol–water partition coefficient (Wildman–Crippen LogP) is 6.49. The second-order valence-corrected chi connectivity index (χ2v) is 15.2. The monoisotopic (exact) mass is 764 g/mol. The molecule has 8 nitrogen and oxygen atoms in total. The normalized spacial score (nSPS) is 19.9. The Morgan fingerprint density at radius 2 is 1.62 bits per heavy atom. The van der Waals surface area contributed by atoms with Crippen molar-refractivity contribution in [2.45, 2.75) is 77.4 Å². The van der Waals surface area contributed by atoms with Crippen LogP contribution in [-0.2, 0) is 32.0 Å². The molecule has 11 heteroatoms. The number of hydrogen-bond donors (Lipinski definition) is 1. The first-order valence-corrected chi connectivity index (χ1v) is 18.0. The van der Waals surface area contributed by atoms with Gasteiger partial charge in [0.25, 0.3) is 0 Å². The van der Waals surface area contributed by atoms with Gasteiger partial charge in [-0.05, 0) is 107 Å². The van der Waals surface area contributed by atoms with E-state index in [1.807, 2.05) is 31.0 Å². The number of methoxy groups -OCH3 is 1. The maximum atomic E-state index is 13.4. The number of nitrogens with zero attached hydrogens (tertiary/aromatic N) is 3. The molecule has 5 rings (SSSR count). The molecule has 1 aromatic carbocycles. The van der Waals surface area contributed by atoms with E-state index in [2.05, 4.69) is 49.3 Å². The van der Waals surface area contributed by atoms with Gasteiger partial charge in [-0.25, -0.2) is 0 Å². The zero-order valence-corrected chi connectivity index (χ0v) is 30.2. The van der Waals surface area contributed by atoms with Crippen LogP contribution in [-0.4, -0.2) is 72.0 Å². The first-order valence-electron chi connectivity index (χ1n) is 16.0. The first kappa shape index (κ1) is 34.3. The molecule has 1 unspecified atom stereocenters. The lowest BCUT2D eigenvalue weighted by Crippen LogP contribution is -2.45. The molecule has 45 heavy (non-hydrogen) atoms. The summed E-state index contributed by atoms with van der Waals surface area (Å²) in [4.78, 5) is 47.3. The second kappa shape index (κ2) is 15.3. The molecule has 2 fully saturated rings. The summed E-state index contributed by atoms with van der Waals surface area (Å²) in [5.74, 6) is 0.572. The van der Waals surface area contributed by atoms with E-state index in [9.17, 15) is 14.4 Å². The van der Waals surface area contributed by atoms with E-state index in [4.69, 9.17) is 21.3 Å². The molecule has 2 saturated heterocycles. The second-order valence-electron chi connectivity index (χ2n) is 13.0. The standard InChI is InChI=1S/C34H43Br2ClN4O4/c1-20(2)34(45-3)39-28(42)18-30(44)40-10-6-21(7-11-40)14-29(43)41-12-8-22(9-13-41)32-31-23(16-26(37)17-27(31)36)4-5-24-15-25(35)19-38-33(24)32/h15-17,19-22,32,34H,4-14,18H2,1-3H3,(H,39,42)/t32-,34?/m1/s1. The highest BCUT2D eigenvalue weighted by Crippen LogP contribution is 2.46. The van der Waals surface area contributed by atoms with Crippen molar-refractivity contribution in [1.29, 1.82) is 0 Å². The molecule has 3 aliphatic rings.